The molecule has 0 bridgehead atoms. The van der Waals surface area contributed by atoms with Crippen LogP contribution in [0.3, 0.4) is 0 Å². The van der Waals surface area contributed by atoms with Gasteiger partial charge in [0.05, 0.1) is 0 Å². The third-order valence-electron chi connectivity index (χ3n) is 2.96. The van der Waals surface area contributed by atoms with E-state index in [1.807, 2.05) is 0 Å². The highest BCUT2D eigenvalue weighted by Gasteiger charge is 1.95. The first-order chi connectivity index (χ1) is 12.3. The summed E-state index contributed by atoms with van der Waals surface area (Å²) < 4.78 is 0. The number of benzene rings is 2. The minimum atomic E-state index is 0. The predicted molar refractivity (Wildman–Crippen MR) is 131 cm³/mol. The van der Waals surface area contributed by atoms with Crippen molar-refractivity contribution in [1.82, 2.24) is 0 Å². The van der Waals surface area contributed by atoms with Crippen molar-refractivity contribution in [1.29, 1.82) is 0 Å². The number of hydrogen-bond acceptors (Lipinski definition) is 0. The molecule has 0 radical (unpaired) electrons. The quantitative estimate of drug-likeness (QED) is 0.437. The van der Waals surface area contributed by atoms with Gasteiger partial charge in [0.2, 0.25) is 0 Å². The molecular formula is C27H48. The van der Waals surface area contributed by atoms with Crippen molar-refractivity contribution >= 4 is 0 Å². The van der Waals surface area contributed by atoms with Gasteiger partial charge in [-0.15, -0.1) is 13.2 Å². The Labute approximate surface area is 172 Å². The summed E-state index contributed by atoms with van der Waals surface area (Å²) in [7, 11) is 0. The fourth-order valence-corrected chi connectivity index (χ4v) is 1.59. The fraction of sp³-hybridized carbons (Fsp3) is 0.481. The van der Waals surface area contributed by atoms with Crippen LogP contribution in [0.15, 0.2) is 61.7 Å². The van der Waals surface area contributed by atoms with Crippen LogP contribution in [0.25, 0.3) is 0 Å². The average molecular weight is 373 g/mol. The molecule has 2 aromatic rings. The van der Waals surface area contributed by atoms with Crippen molar-refractivity contribution in [2.24, 2.45) is 0 Å². The Bertz CT molecular complexity index is 466. The van der Waals surface area contributed by atoms with Gasteiger partial charge < -0.3 is 0 Å². The number of rotatable bonds is 1. The lowest BCUT2D eigenvalue weighted by atomic mass is 10.0. The van der Waals surface area contributed by atoms with Crippen LogP contribution in [0.4, 0.5) is 0 Å². The standard InChI is InChI=1S/C10H14.C8H10.2C3H8.C2H4.CH4/c1-8(2)10-6-4-9(3)5-7-10;1-7-3-5-8(2)6-4-7;2*1-3-2;1-2;/h4-8H,1-3H3;3-6H,1-2H3;2*3H2,1-2H3;1-2H2;1H4. The average Bonchev–Trinajstić information content (AvgIpc) is 2.62. The van der Waals surface area contributed by atoms with Gasteiger partial charge in [-0.05, 0) is 32.3 Å². The molecule has 0 N–H and O–H groups in total. The second kappa shape index (κ2) is 24.2. The van der Waals surface area contributed by atoms with Gasteiger partial charge in [0.25, 0.3) is 0 Å². The largest absolute Gasteiger partial charge is 0.106 e. The van der Waals surface area contributed by atoms with Gasteiger partial charge in [0.1, 0.15) is 0 Å². The predicted octanol–water partition coefficient (Wildman–Crippen LogP) is 9.69. The summed E-state index contributed by atoms with van der Waals surface area (Å²) in [6.07, 6.45) is 2.50. The van der Waals surface area contributed by atoms with Crippen LogP contribution in [-0.2, 0) is 0 Å². The smallest absolute Gasteiger partial charge is 0.0219 e. The van der Waals surface area contributed by atoms with E-state index < -0.39 is 0 Å². The molecule has 0 aliphatic carbocycles. The Morgan fingerprint density at radius 2 is 0.778 bits per heavy atom. The van der Waals surface area contributed by atoms with Gasteiger partial charge in [-0.3, -0.25) is 0 Å². The van der Waals surface area contributed by atoms with Gasteiger partial charge in [0, 0.05) is 0 Å². The minimum Gasteiger partial charge on any atom is -0.106 e. The topological polar surface area (TPSA) is 0 Å². The highest BCUT2D eigenvalue weighted by atomic mass is 14.0. The summed E-state index contributed by atoms with van der Waals surface area (Å²) in [4.78, 5) is 0. The minimum absolute atomic E-state index is 0. The van der Waals surface area contributed by atoms with Crippen LogP contribution in [0.1, 0.15) is 90.0 Å². The van der Waals surface area contributed by atoms with Gasteiger partial charge in [-0.1, -0.05) is 127 Å². The summed E-state index contributed by atoms with van der Waals surface area (Å²) in [5.74, 6) is 0.653. The first-order valence-electron chi connectivity index (χ1n) is 9.91. The van der Waals surface area contributed by atoms with E-state index in [0.717, 1.165) is 0 Å². The Hall–Kier alpha value is -1.82. The van der Waals surface area contributed by atoms with Crippen molar-refractivity contribution in [3.05, 3.63) is 83.9 Å². The molecule has 2 aromatic carbocycles. The van der Waals surface area contributed by atoms with E-state index in [1.165, 1.54) is 35.1 Å². The summed E-state index contributed by atoms with van der Waals surface area (Å²) in [5.41, 5.74) is 5.42. The van der Waals surface area contributed by atoms with E-state index in [-0.39, 0.29) is 7.43 Å². The van der Waals surface area contributed by atoms with Crippen molar-refractivity contribution < 1.29 is 0 Å². The highest BCUT2D eigenvalue weighted by molar-refractivity contribution is 5.23. The molecule has 156 valence electrons. The SMILES string of the molecule is C.C=C.CCC.CCC.Cc1ccc(C(C)C)cc1.Cc1ccc(C)cc1. The van der Waals surface area contributed by atoms with E-state index in [2.05, 4.69) is 124 Å². The third-order valence-corrected chi connectivity index (χ3v) is 2.96. The lowest BCUT2D eigenvalue weighted by Crippen LogP contribution is -1.85. The van der Waals surface area contributed by atoms with E-state index in [4.69, 9.17) is 0 Å². The van der Waals surface area contributed by atoms with E-state index in [9.17, 15) is 0 Å². The summed E-state index contributed by atoms with van der Waals surface area (Å²) in [6, 6.07) is 17.2. The zero-order valence-electron chi connectivity index (χ0n) is 19.0. The van der Waals surface area contributed by atoms with Gasteiger partial charge >= 0.3 is 0 Å². The maximum atomic E-state index is 3.00. The van der Waals surface area contributed by atoms with Gasteiger partial charge in [-0.2, -0.15) is 0 Å². The molecule has 0 saturated carbocycles. The monoisotopic (exact) mass is 372 g/mol. The third kappa shape index (κ3) is 24.2. The Morgan fingerprint density at radius 1 is 0.593 bits per heavy atom. The molecule has 0 saturated heterocycles. The molecular weight excluding hydrogens is 324 g/mol. The van der Waals surface area contributed by atoms with Crippen LogP contribution in [-0.4, -0.2) is 0 Å². The molecule has 0 heterocycles. The van der Waals surface area contributed by atoms with Gasteiger partial charge in [-0.25, -0.2) is 0 Å². The van der Waals surface area contributed by atoms with Crippen molar-refractivity contribution in [2.45, 2.75) is 88.5 Å². The molecule has 0 atom stereocenters. The van der Waals surface area contributed by atoms with Crippen molar-refractivity contribution in [3.8, 4) is 0 Å². The summed E-state index contributed by atoms with van der Waals surface area (Å²) in [5, 5.41) is 0. The summed E-state index contributed by atoms with van der Waals surface area (Å²) in [6.45, 7) is 25.2. The normalized spacial score (nSPS) is 8.07. The molecule has 27 heavy (non-hydrogen) atoms. The Kier molecular flexibility index (Phi) is 29.4. The fourth-order valence-electron chi connectivity index (χ4n) is 1.59. The molecule has 0 aliphatic heterocycles. The van der Waals surface area contributed by atoms with Crippen LogP contribution in [0, 0.1) is 20.8 Å². The molecule has 0 amide bonds. The lowest BCUT2D eigenvalue weighted by Gasteiger charge is -2.03. The second-order valence-electron chi connectivity index (χ2n) is 6.63. The molecule has 0 aliphatic rings. The lowest BCUT2D eigenvalue weighted by molar-refractivity contribution is 0.866. The van der Waals surface area contributed by atoms with Gasteiger partial charge in [0.15, 0.2) is 0 Å². The maximum Gasteiger partial charge on any atom is -0.0219 e. The van der Waals surface area contributed by atoms with Crippen LogP contribution < -0.4 is 0 Å². The first kappa shape index (κ1) is 32.8. The molecule has 0 spiro atoms. The van der Waals surface area contributed by atoms with Crippen molar-refractivity contribution in [2.75, 3.05) is 0 Å². The molecule has 0 unspecified atom stereocenters. The second-order valence-corrected chi connectivity index (χ2v) is 6.63. The van der Waals surface area contributed by atoms with Crippen LogP contribution in [0.2, 0.25) is 0 Å². The van der Waals surface area contributed by atoms with Crippen LogP contribution in [0.5, 0.6) is 0 Å². The van der Waals surface area contributed by atoms with Crippen molar-refractivity contribution in [3.63, 3.8) is 0 Å². The first-order valence-corrected chi connectivity index (χ1v) is 9.91. The van der Waals surface area contributed by atoms with E-state index in [1.54, 1.807) is 0 Å². The maximum absolute atomic E-state index is 3.00. The Morgan fingerprint density at radius 3 is 0.963 bits per heavy atom. The zero-order valence-corrected chi connectivity index (χ0v) is 19.0. The highest BCUT2D eigenvalue weighted by Crippen LogP contribution is 2.13. The number of aryl methyl sites for hydroxylation is 3. The summed E-state index contributed by atoms with van der Waals surface area (Å²) >= 11 is 0. The number of hydrogen-bond donors (Lipinski definition) is 0. The molecule has 0 fully saturated rings. The van der Waals surface area contributed by atoms with E-state index >= 15 is 0 Å². The molecule has 2 rings (SSSR count). The Balaban J connectivity index is -0.000000140. The zero-order chi connectivity index (χ0) is 21.0. The molecule has 0 heteroatoms. The van der Waals surface area contributed by atoms with Crippen LogP contribution >= 0.6 is 0 Å². The molecule has 0 aromatic heterocycles. The van der Waals surface area contributed by atoms with E-state index in [0.29, 0.717) is 5.92 Å². The molecule has 0 nitrogen and oxygen atoms in total.